The molecule has 4 nitrogen and oxygen atoms in total. The highest BCUT2D eigenvalue weighted by Gasteiger charge is 2.33. The van der Waals surface area contributed by atoms with Crippen LogP contribution in [0.25, 0.3) is 11.0 Å². The summed E-state index contributed by atoms with van der Waals surface area (Å²) in [7, 11) is 0.775. The van der Waals surface area contributed by atoms with Crippen molar-refractivity contribution in [3.63, 3.8) is 0 Å². The standard InChI is InChI=1S/C8H4ClF3N2O2S/c9-17(15,16)6-2-4(8(10,11)12)1-5-7(6)14-3-13-5/h1-3H,(H,13,14). The van der Waals surface area contributed by atoms with E-state index in [9.17, 15) is 21.6 Å². The van der Waals surface area contributed by atoms with Gasteiger partial charge in [-0.3, -0.25) is 0 Å². The Morgan fingerprint density at radius 2 is 1.94 bits per heavy atom. The molecule has 0 spiro atoms. The predicted octanol–water partition coefficient (Wildman–Crippen LogP) is 2.51. The van der Waals surface area contributed by atoms with E-state index in [2.05, 4.69) is 9.97 Å². The molecule has 0 bridgehead atoms. The van der Waals surface area contributed by atoms with Crippen molar-refractivity contribution in [1.82, 2.24) is 9.97 Å². The first-order valence-corrected chi connectivity index (χ1v) is 6.49. The lowest BCUT2D eigenvalue weighted by Gasteiger charge is -2.08. The Morgan fingerprint density at radius 3 is 2.47 bits per heavy atom. The molecule has 0 aliphatic rings. The molecule has 0 atom stereocenters. The first kappa shape index (κ1) is 12.2. The second-order valence-electron chi connectivity index (χ2n) is 3.21. The lowest BCUT2D eigenvalue weighted by atomic mass is 10.2. The number of halogens is 4. The average molecular weight is 285 g/mol. The molecule has 1 heterocycles. The molecule has 0 aliphatic carbocycles. The van der Waals surface area contributed by atoms with E-state index in [1.54, 1.807) is 0 Å². The van der Waals surface area contributed by atoms with E-state index in [0.29, 0.717) is 6.07 Å². The van der Waals surface area contributed by atoms with Crippen LogP contribution >= 0.6 is 10.7 Å². The summed E-state index contributed by atoms with van der Waals surface area (Å²) in [5, 5.41) is 0. The van der Waals surface area contributed by atoms with Crippen molar-refractivity contribution in [3.05, 3.63) is 24.0 Å². The van der Waals surface area contributed by atoms with Gasteiger partial charge >= 0.3 is 6.18 Å². The first-order chi connectivity index (χ1) is 7.69. The number of nitrogens with zero attached hydrogens (tertiary/aromatic N) is 1. The monoisotopic (exact) mass is 284 g/mol. The van der Waals surface area contributed by atoms with Crippen LogP contribution in [0.1, 0.15) is 5.56 Å². The quantitative estimate of drug-likeness (QED) is 0.819. The van der Waals surface area contributed by atoms with Crippen LogP contribution in [0.5, 0.6) is 0 Å². The van der Waals surface area contributed by atoms with Gasteiger partial charge in [0.2, 0.25) is 0 Å². The smallest absolute Gasteiger partial charge is 0.345 e. The summed E-state index contributed by atoms with van der Waals surface area (Å²) in [6, 6.07) is 1.24. The molecule has 2 aromatic rings. The number of rotatable bonds is 1. The lowest BCUT2D eigenvalue weighted by molar-refractivity contribution is -0.137. The molecule has 0 saturated carbocycles. The van der Waals surface area contributed by atoms with Crippen molar-refractivity contribution in [1.29, 1.82) is 0 Å². The Labute approximate surface area is 97.8 Å². The topological polar surface area (TPSA) is 62.8 Å². The van der Waals surface area contributed by atoms with Gasteiger partial charge in [-0.1, -0.05) is 0 Å². The summed E-state index contributed by atoms with van der Waals surface area (Å²) in [5.74, 6) is 0. The van der Waals surface area contributed by atoms with Crippen LogP contribution < -0.4 is 0 Å². The Bertz CT molecular complexity index is 678. The van der Waals surface area contributed by atoms with Gasteiger partial charge in [-0.2, -0.15) is 13.2 Å². The van der Waals surface area contributed by atoms with Crippen molar-refractivity contribution in [3.8, 4) is 0 Å². The molecule has 0 aliphatic heterocycles. The fourth-order valence-corrected chi connectivity index (χ4v) is 2.38. The van der Waals surface area contributed by atoms with Crippen molar-refractivity contribution in [2.75, 3.05) is 0 Å². The molecular weight excluding hydrogens is 281 g/mol. The molecule has 92 valence electrons. The van der Waals surface area contributed by atoms with Gasteiger partial charge in [0, 0.05) is 10.7 Å². The number of hydrogen-bond donors (Lipinski definition) is 1. The van der Waals surface area contributed by atoms with E-state index < -0.39 is 25.7 Å². The predicted molar refractivity (Wildman–Crippen MR) is 54.1 cm³/mol. The number of fused-ring (bicyclic) bond motifs is 1. The fraction of sp³-hybridized carbons (Fsp3) is 0.125. The van der Waals surface area contributed by atoms with E-state index >= 15 is 0 Å². The van der Waals surface area contributed by atoms with Crippen molar-refractivity contribution in [2.24, 2.45) is 0 Å². The summed E-state index contributed by atoms with van der Waals surface area (Å²) in [6.45, 7) is 0. The number of aromatic nitrogens is 2. The van der Waals surface area contributed by atoms with Crippen molar-refractivity contribution < 1.29 is 21.6 Å². The van der Waals surface area contributed by atoms with E-state index in [0.717, 1.165) is 12.4 Å². The van der Waals surface area contributed by atoms with E-state index in [4.69, 9.17) is 10.7 Å². The number of H-pyrrole nitrogens is 1. The summed E-state index contributed by atoms with van der Waals surface area (Å²) in [4.78, 5) is 5.37. The van der Waals surface area contributed by atoms with Gasteiger partial charge < -0.3 is 4.98 Å². The third-order valence-corrected chi connectivity index (χ3v) is 3.41. The lowest BCUT2D eigenvalue weighted by Crippen LogP contribution is -2.06. The number of hydrogen-bond acceptors (Lipinski definition) is 3. The normalized spacial score (nSPS) is 13.2. The van der Waals surface area contributed by atoms with Crippen LogP contribution in [-0.4, -0.2) is 18.4 Å². The second-order valence-corrected chi connectivity index (χ2v) is 5.74. The Kier molecular flexibility index (Phi) is 2.58. The van der Waals surface area contributed by atoms with E-state index in [-0.39, 0.29) is 11.0 Å². The van der Waals surface area contributed by atoms with Gasteiger partial charge in [0.25, 0.3) is 9.05 Å². The number of alkyl halides is 3. The molecule has 17 heavy (non-hydrogen) atoms. The molecule has 2 rings (SSSR count). The molecule has 9 heteroatoms. The van der Waals surface area contributed by atoms with E-state index in [1.807, 2.05) is 0 Å². The van der Waals surface area contributed by atoms with Crippen LogP contribution in [0.2, 0.25) is 0 Å². The van der Waals surface area contributed by atoms with Gasteiger partial charge in [0.05, 0.1) is 17.4 Å². The summed E-state index contributed by atoms with van der Waals surface area (Å²) in [6.07, 6.45) is -3.56. The zero-order valence-corrected chi connectivity index (χ0v) is 9.49. The Morgan fingerprint density at radius 1 is 1.29 bits per heavy atom. The molecule has 0 saturated heterocycles. The summed E-state index contributed by atoms with van der Waals surface area (Å²) >= 11 is 0. The molecule has 1 N–H and O–H groups in total. The average Bonchev–Trinajstić information content (AvgIpc) is 2.59. The minimum absolute atomic E-state index is 0.0425. The molecule has 0 amide bonds. The zero-order chi connectivity index (χ0) is 12.8. The van der Waals surface area contributed by atoms with Gasteiger partial charge in [-0.15, -0.1) is 0 Å². The van der Waals surface area contributed by atoms with Crippen LogP contribution in [0.3, 0.4) is 0 Å². The number of nitrogens with one attached hydrogen (secondary N) is 1. The number of benzene rings is 1. The third-order valence-electron chi connectivity index (χ3n) is 2.08. The third kappa shape index (κ3) is 2.22. The molecule has 0 radical (unpaired) electrons. The maximum atomic E-state index is 12.5. The molecule has 0 fully saturated rings. The molecule has 1 aromatic carbocycles. The van der Waals surface area contributed by atoms with Gasteiger partial charge in [-0.25, -0.2) is 13.4 Å². The van der Waals surface area contributed by atoms with Crippen molar-refractivity contribution in [2.45, 2.75) is 11.1 Å². The van der Waals surface area contributed by atoms with Gasteiger partial charge in [-0.05, 0) is 12.1 Å². The SMILES string of the molecule is O=S(=O)(Cl)c1cc(C(F)(F)F)cc2[nH]cnc12. The maximum Gasteiger partial charge on any atom is 0.416 e. The minimum Gasteiger partial charge on any atom is -0.345 e. The molecule has 1 aromatic heterocycles. The number of aromatic amines is 1. The highest BCUT2D eigenvalue weighted by molar-refractivity contribution is 8.14. The van der Waals surface area contributed by atoms with Gasteiger partial charge in [0.1, 0.15) is 10.4 Å². The van der Waals surface area contributed by atoms with Gasteiger partial charge in [0.15, 0.2) is 0 Å². The molecule has 0 unspecified atom stereocenters. The van der Waals surface area contributed by atoms with Crippen LogP contribution in [0, 0.1) is 0 Å². The maximum absolute atomic E-state index is 12.5. The van der Waals surface area contributed by atoms with Crippen LogP contribution in [0.15, 0.2) is 23.4 Å². The zero-order valence-electron chi connectivity index (χ0n) is 7.92. The second kappa shape index (κ2) is 3.61. The Balaban J connectivity index is 2.86. The molecular formula is C8H4ClF3N2O2S. The number of imidazole rings is 1. The fourth-order valence-electron chi connectivity index (χ4n) is 1.37. The highest BCUT2D eigenvalue weighted by atomic mass is 35.7. The van der Waals surface area contributed by atoms with E-state index in [1.165, 1.54) is 0 Å². The summed E-state index contributed by atoms with van der Waals surface area (Å²) in [5.41, 5.74) is -1.26. The summed E-state index contributed by atoms with van der Waals surface area (Å²) < 4.78 is 59.9. The first-order valence-electron chi connectivity index (χ1n) is 4.18. The van der Waals surface area contributed by atoms with Crippen LogP contribution in [-0.2, 0) is 15.2 Å². The van der Waals surface area contributed by atoms with Crippen molar-refractivity contribution >= 4 is 30.8 Å². The largest absolute Gasteiger partial charge is 0.416 e. The van der Waals surface area contributed by atoms with Crippen LogP contribution in [0.4, 0.5) is 13.2 Å². The minimum atomic E-state index is -4.66. The highest BCUT2D eigenvalue weighted by Crippen LogP contribution is 2.34. The Hall–Kier alpha value is -1.28.